The lowest BCUT2D eigenvalue weighted by Gasteiger charge is -2.46. The smallest absolute Gasteiger partial charge is 0.231 e. The van der Waals surface area contributed by atoms with Crippen LogP contribution in [0.3, 0.4) is 0 Å². The number of halogens is 1. The summed E-state index contributed by atoms with van der Waals surface area (Å²) < 4.78 is 22.2. The summed E-state index contributed by atoms with van der Waals surface area (Å²) >= 11 is 0. The van der Waals surface area contributed by atoms with Gasteiger partial charge in [0.05, 0.1) is 14.2 Å². The Morgan fingerprint density at radius 2 is 1.38 bits per heavy atom. The fourth-order valence-electron chi connectivity index (χ4n) is 4.49. The third-order valence-corrected chi connectivity index (χ3v) is 5.81. The maximum Gasteiger partial charge on any atom is 0.231 e. The van der Waals surface area contributed by atoms with Gasteiger partial charge in [0.25, 0.3) is 0 Å². The first kappa shape index (κ1) is 17.3. The van der Waals surface area contributed by atoms with E-state index in [2.05, 4.69) is 36.2 Å². The van der Waals surface area contributed by atoms with Gasteiger partial charge in [-0.25, -0.2) is 0 Å². The van der Waals surface area contributed by atoms with Crippen molar-refractivity contribution in [2.75, 3.05) is 28.1 Å². The zero-order chi connectivity index (χ0) is 17.1. The number of ether oxygens (including phenoxy) is 4. The fourth-order valence-corrected chi connectivity index (χ4v) is 4.49. The van der Waals surface area contributed by atoms with Gasteiger partial charge >= 0.3 is 0 Å². The largest absolute Gasteiger partial charge is 1.00 e. The molecular formula is C20H21ClNO4-. The predicted molar refractivity (Wildman–Crippen MR) is 92.8 cm³/mol. The van der Waals surface area contributed by atoms with Crippen molar-refractivity contribution in [2.24, 2.45) is 0 Å². The Labute approximate surface area is 159 Å². The van der Waals surface area contributed by atoms with Crippen LogP contribution in [0.25, 0.3) is 0 Å². The molecule has 0 radical (unpaired) electrons. The molecule has 3 heterocycles. The van der Waals surface area contributed by atoms with Crippen molar-refractivity contribution in [1.29, 1.82) is 0 Å². The van der Waals surface area contributed by atoms with Crippen LogP contribution in [0.15, 0.2) is 24.3 Å². The zero-order valence-electron chi connectivity index (χ0n) is 15.0. The van der Waals surface area contributed by atoms with E-state index in [1.54, 1.807) is 14.2 Å². The molecule has 0 saturated carbocycles. The number of rotatable bonds is 2. The van der Waals surface area contributed by atoms with Gasteiger partial charge < -0.3 is 31.4 Å². The van der Waals surface area contributed by atoms with E-state index in [0.717, 1.165) is 35.8 Å². The van der Waals surface area contributed by atoms with Gasteiger partial charge in [-0.1, -0.05) is 0 Å². The molecule has 0 fully saturated rings. The van der Waals surface area contributed by atoms with Crippen LogP contribution in [0.4, 0.5) is 0 Å². The van der Waals surface area contributed by atoms with Crippen LogP contribution in [-0.2, 0) is 12.8 Å². The summed E-state index contributed by atoms with van der Waals surface area (Å²) in [5, 5.41) is 0. The van der Waals surface area contributed by atoms with Gasteiger partial charge in [0.15, 0.2) is 23.0 Å². The molecule has 0 aliphatic carbocycles. The average Bonchev–Trinajstić information content (AvgIpc) is 3.08. The summed E-state index contributed by atoms with van der Waals surface area (Å²) in [4.78, 5) is 2.47. The second-order valence-electron chi connectivity index (χ2n) is 6.92. The van der Waals surface area contributed by atoms with E-state index in [-0.39, 0.29) is 12.4 Å². The Morgan fingerprint density at radius 3 is 2.04 bits per heavy atom. The molecular weight excluding hydrogens is 354 g/mol. The molecule has 26 heavy (non-hydrogen) atoms. The lowest BCUT2D eigenvalue weighted by molar-refractivity contribution is -0.00000715. The monoisotopic (exact) mass is 374 g/mol. The highest BCUT2D eigenvalue weighted by Gasteiger charge is 2.39. The summed E-state index contributed by atoms with van der Waals surface area (Å²) in [5.74, 6) is 3.33. The second kappa shape index (κ2) is 6.25. The highest BCUT2D eigenvalue weighted by Crippen LogP contribution is 2.50. The average molecular weight is 375 g/mol. The minimum atomic E-state index is 0. The first-order chi connectivity index (χ1) is 12.2. The first-order valence-corrected chi connectivity index (χ1v) is 8.58. The lowest BCUT2D eigenvalue weighted by atomic mass is 9.76. The molecule has 3 aliphatic rings. The number of benzene rings is 2. The van der Waals surface area contributed by atoms with Crippen molar-refractivity contribution in [3.05, 3.63) is 46.5 Å². The van der Waals surface area contributed by atoms with Crippen molar-refractivity contribution in [3.8, 4) is 23.0 Å². The van der Waals surface area contributed by atoms with E-state index in [4.69, 9.17) is 18.9 Å². The van der Waals surface area contributed by atoms with Gasteiger partial charge in [-0.05, 0) is 66.4 Å². The van der Waals surface area contributed by atoms with E-state index >= 15 is 0 Å². The maximum absolute atomic E-state index is 5.60. The first-order valence-electron chi connectivity index (χ1n) is 8.58. The molecule has 0 N–H and O–H groups in total. The number of fused-ring (bicyclic) bond motifs is 7. The molecule has 138 valence electrons. The van der Waals surface area contributed by atoms with Crippen LogP contribution >= 0.6 is 0 Å². The lowest BCUT2D eigenvalue weighted by Crippen LogP contribution is -3.00. The Morgan fingerprint density at radius 1 is 0.846 bits per heavy atom. The quantitative estimate of drug-likeness (QED) is 0.754. The molecule has 6 heteroatoms. The van der Waals surface area contributed by atoms with E-state index in [9.17, 15) is 0 Å². The predicted octanol–water partition coefficient (Wildman–Crippen LogP) is 0.263. The molecule has 2 unspecified atom stereocenters. The van der Waals surface area contributed by atoms with E-state index in [1.807, 2.05) is 0 Å². The molecule has 0 amide bonds. The molecule has 0 spiro atoms. The number of nitrogens with zero attached hydrogens (tertiary/aromatic N) is 1. The van der Waals surface area contributed by atoms with Crippen LogP contribution < -0.4 is 31.4 Å². The summed E-state index contributed by atoms with van der Waals surface area (Å²) in [6.45, 7) is 0.316. The summed E-state index contributed by atoms with van der Waals surface area (Å²) in [6.07, 6.45) is 1.91. The molecule has 3 aliphatic heterocycles. The van der Waals surface area contributed by atoms with Crippen LogP contribution in [0.1, 0.15) is 34.3 Å². The summed E-state index contributed by atoms with van der Waals surface area (Å²) in [7, 11) is 5.59. The minimum absolute atomic E-state index is 0. The fraction of sp³-hybridized carbons (Fsp3) is 0.400. The normalized spacial score (nSPS) is 22.1. The van der Waals surface area contributed by atoms with Gasteiger partial charge in [-0.2, -0.15) is 0 Å². The molecule has 0 saturated heterocycles. The molecule has 5 rings (SSSR count). The van der Waals surface area contributed by atoms with Crippen molar-refractivity contribution >= 4 is 0 Å². The molecule has 2 bridgehead atoms. The highest BCUT2D eigenvalue weighted by molar-refractivity contribution is 5.55. The Bertz CT molecular complexity index is 869. The number of hydrogen-bond donors (Lipinski definition) is 0. The van der Waals surface area contributed by atoms with Crippen molar-refractivity contribution < 1.29 is 31.4 Å². The summed E-state index contributed by atoms with van der Waals surface area (Å²) in [6, 6.07) is 9.29. The topological polar surface area (TPSA) is 40.2 Å². The van der Waals surface area contributed by atoms with Gasteiger partial charge in [0.1, 0.15) is 0 Å². The third kappa shape index (κ3) is 2.34. The third-order valence-electron chi connectivity index (χ3n) is 5.81. The van der Waals surface area contributed by atoms with Crippen molar-refractivity contribution in [2.45, 2.75) is 24.9 Å². The Balaban J connectivity index is 0.00000168. The van der Waals surface area contributed by atoms with Crippen molar-refractivity contribution in [3.63, 3.8) is 0 Å². The van der Waals surface area contributed by atoms with Gasteiger partial charge in [0.2, 0.25) is 6.79 Å². The molecule has 0 aromatic heterocycles. The van der Waals surface area contributed by atoms with Crippen LogP contribution in [0, 0.1) is 0 Å². The molecule has 2 aromatic rings. The second-order valence-corrected chi connectivity index (χ2v) is 6.92. The highest BCUT2D eigenvalue weighted by atomic mass is 35.5. The summed E-state index contributed by atoms with van der Waals surface area (Å²) in [5.41, 5.74) is 5.38. The number of methoxy groups -OCH3 is 2. The van der Waals surface area contributed by atoms with Crippen molar-refractivity contribution in [1.82, 2.24) is 4.90 Å². The van der Waals surface area contributed by atoms with E-state index < -0.39 is 0 Å². The number of hydrogen-bond acceptors (Lipinski definition) is 5. The minimum Gasteiger partial charge on any atom is -1.00 e. The Hall–Kier alpha value is -2.11. The SMILES string of the molecule is COc1cc2c(cc1OC)C1Cc3cc4c(cc3C(C2)N1C)OCO4.[Cl-]. The molecule has 5 nitrogen and oxygen atoms in total. The van der Waals surface area contributed by atoms with Crippen LogP contribution in [0.2, 0.25) is 0 Å². The van der Waals surface area contributed by atoms with Crippen LogP contribution in [0.5, 0.6) is 23.0 Å². The van der Waals surface area contributed by atoms with E-state index in [0.29, 0.717) is 18.9 Å². The number of likely N-dealkylation sites (N-methyl/N-ethyl adjacent to an activating group) is 1. The van der Waals surface area contributed by atoms with Gasteiger partial charge in [0, 0.05) is 12.1 Å². The molecule has 2 aromatic carbocycles. The van der Waals surface area contributed by atoms with E-state index in [1.165, 1.54) is 22.3 Å². The van der Waals surface area contributed by atoms with Crippen LogP contribution in [-0.4, -0.2) is 33.0 Å². The maximum atomic E-state index is 5.60. The Kier molecular flexibility index (Phi) is 4.16. The van der Waals surface area contributed by atoms with Gasteiger partial charge in [-0.3, -0.25) is 4.90 Å². The zero-order valence-corrected chi connectivity index (χ0v) is 15.8. The van der Waals surface area contributed by atoms with Gasteiger partial charge in [-0.15, -0.1) is 0 Å². The standard InChI is InChI=1S/C20H21NO4.ClH/c1-21-15-5-12-7-19-20(25-10-24-19)9-14(12)16(21)4-11-6-17(22-2)18(23-3)8-13(11)15;/h6-9,15-16H,4-5,10H2,1-3H3;1H/p-1. The molecule has 2 atom stereocenters.